The Bertz CT molecular complexity index is 664. The van der Waals surface area contributed by atoms with Crippen molar-refractivity contribution in [2.75, 3.05) is 6.61 Å². The van der Waals surface area contributed by atoms with Gasteiger partial charge in [0.25, 0.3) is 0 Å². The summed E-state index contributed by atoms with van der Waals surface area (Å²) in [5.41, 5.74) is 2.42. The molecular weight excluding hydrogens is 266 g/mol. The number of ether oxygens (including phenoxy) is 1. The van der Waals surface area contributed by atoms with Crippen LogP contribution in [0, 0.1) is 6.92 Å². The molecule has 1 heterocycles. The van der Waals surface area contributed by atoms with Crippen molar-refractivity contribution in [3.63, 3.8) is 0 Å². The van der Waals surface area contributed by atoms with Crippen LogP contribution in [0.25, 0.3) is 10.9 Å². The predicted molar refractivity (Wildman–Crippen MR) is 81.3 cm³/mol. The Morgan fingerprint density at radius 3 is 2.71 bits per heavy atom. The van der Waals surface area contributed by atoms with Crippen molar-refractivity contribution in [1.29, 1.82) is 0 Å². The van der Waals surface area contributed by atoms with Gasteiger partial charge in [-0.05, 0) is 37.6 Å². The summed E-state index contributed by atoms with van der Waals surface area (Å²) in [7, 11) is 0. The van der Waals surface area contributed by atoms with Gasteiger partial charge >= 0.3 is 5.97 Å². The van der Waals surface area contributed by atoms with Crippen LogP contribution in [-0.4, -0.2) is 23.3 Å². The molecule has 0 aliphatic heterocycles. The quantitative estimate of drug-likeness (QED) is 0.602. The normalized spacial score (nSPS) is 10.6. The predicted octanol–water partition coefficient (Wildman–Crippen LogP) is 3.46. The summed E-state index contributed by atoms with van der Waals surface area (Å²) in [5.74, 6) is -0.366. The summed E-state index contributed by atoms with van der Waals surface area (Å²) in [6.07, 6.45) is 1.09. The zero-order chi connectivity index (χ0) is 15.2. The number of esters is 1. The van der Waals surface area contributed by atoms with Crippen LogP contribution in [0.1, 0.15) is 42.2 Å². The molecule has 0 saturated carbocycles. The number of fused-ring (bicyclic) bond motifs is 1. The summed E-state index contributed by atoms with van der Waals surface area (Å²) < 4.78 is 4.96. The van der Waals surface area contributed by atoms with E-state index >= 15 is 0 Å². The maximum absolute atomic E-state index is 12.1. The number of aryl methyl sites for hydroxylation is 1. The van der Waals surface area contributed by atoms with Gasteiger partial charge < -0.3 is 4.74 Å². The molecule has 0 radical (unpaired) electrons. The standard InChI is InChI=1S/C17H19NO3/c1-3-10-21-17(20)9-8-16(19)14-6-7-15-13(11-14)5-4-12(2)18-15/h4-7,11H,3,8-10H2,1-2H3. The summed E-state index contributed by atoms with van der Waals surface area (Å²) in [4.78, 5) is 27.9. The van der Waals surface area contributed by atoms with Crippen molar-refractivity contribution in [3.05, 3.63) is 41.6 Å². The second-order valence-corrected chi connectivity index (χ2v) is 5.00. The first kappa shape index (κ1) is 15.2. The summed E-state index contributed by atoms with van der Waals surface area (Å²) in [6, 6.07) is 9.28. The van der Waals surface area contributed by atoms with Gasteiger partial charge in [-0.25, -0.2) is 0 Å². The summed E-state index contributed by atoms with van der Waals surface area (Å²) in [5, 5.41) is 0.931. The van der Waals surface area contributed by atoms with E-state index in [1.54, 1.807) is 6.07 Å². The Labute approximate surface area is 124 Å². The number of carbonyl (C=O) groups excluding carboxylic acids is 2. The monoisotopic (exact) mass is 285 g/mol. The number of hydrogen-bond acceptors (Lipinski definition) is 4. The molecule has 0 N–H and O–H groups in total. The minimum atomic E-state index is -0.316. The van der Waals surface area contributed by atoms with Crippen LogP contribution >= 0.6 is 0 Å². The smallest absolute Gasteiger partial charge is 0.306 e. The summed E-state index contributed by atoms with van der Waals surface area (Å²) >= 11 is 0. The molecule has 4 heteroatoms. The average molecular weight is 285 g/mol. The lowest BCUT2D eigenvalue weighted by molar-refractivity contribution is -0.143. The molecule has 0 bridgehead atoms. The van der Waals surface area contributed by atoms with Gasteiger partial charge in [0, 0.05) is 23.1 Å². The van der Waals surface area contributed by atoms with E-state index in [1.165, 1.54) is 0 Å². The zero-order valence-corrected chi connectivity index (χ0v) is 12.4. The molecule has 0 unspecified atom stereocenters. The van der Waals surface area contributed by atoms with Crippen LogP contribution in [0.15, 0.2) is 30.3 Å². The van der Waals surface area contributed by atoms with E-state index in [0.29, 0.717) is 12.2 Å². The molecule has 0 saturated heterocycles. The second kappa shape index (κ2) is 6.97. The third-order valence-electron chi connectivity index (χ3n) is 3.17. The fourth-order valence-electron chi connectivity index (χ4n) is 2.05. The molecule has 0 aliphatic rings. The van der Waals surface area contributed by atoms with Gasteiger partial charge in [-0.1, -0.05) is 13.0 Å². The van der Waals surface area contributed by atoms with Crippen molar-refractivity contribution in [2.24, 2.45) is 0 Å². The molecule has 4 nitrogen and oxygen atoms in total. The van der Waals surface area contributed by atoms with Gasteiger partial charge in [0.1, 0.15) is 0 Å². The van der Waals surface area contributed by atoms with Crippen molar-refractivity contribution in [3.8, 4) is 0 Å². The Hall–Kier alpha value is -2.23. The number of carbonyl (C=O) groups is 2. The highest BCUT2D eigenvalue weighted by atomic mass is 16.5. The number of ketones is 1. The average Bonchev–Trinajstić information content (AvgIpc) is 2.49. The molecule has 0 aliphatic carbocycles. The Kier molecular flexibility index (Phi) is 5.04. The third kappa shape index (κ3) is 4.12. The lowest BCUT2D eigenvalue weighted by Gasteiger charge is -2.04. The molecular formula is C17H19NO3. The highest BCUT2D eigenvalue weighted by molar-refractivity contribution is 6.00. The molecule has 2 rings (SSSR count). The van der Waals surface area contributed by atoms with Crippen LogP contribution < -0.4 is 0 Å². The highest BCUT2D eigenvalue weighted by Crippen LogP contribution is 2.16. The van der Waals surface area contributed by atoms with E-state index in [2.05, 4.69) is 4.98 Å². The number of hydrogen-bond donors (Lipinski definition) is 0. The highest BCUT2D eigenvalue weighted by Gasteiger charge is 2.11. The minimum Gasteiger partial charge on any atom is -0.466 e. The number of rotatable bonds is 6. The zero-order valence-electron chi connectivity index (χ0n) is 12.4. The number of aromatic nitrogens is 1. The molecule has 0 fully saturated rings. The number of benzene rings is 1. The van der Waals surface area contributed by atoms with Gasteiger partial charge in [0.15, 0.2) is 5.78 Å². The first-order chi connectivity index (χ1) is 10.1. The van der Waals surface area contributed by atoms with E-state index < -0.39 is 0 Å². The van der Waals surface area contributed by atoms with Crippen LogP contribution in [0.5, 0.6) is 0 Å². The lowest BCUT2D eigenvalue weighted by atomic mass is 10.0. The van der Waals surface area contributed by atoms with Crippen molar-refractivity contribution >= 4 is 22.7 Å². The van der Waals surface area contributed by atoms with Gasteiger partial charge in [-0.15, -0.1) is 0 Å². The number of Topliss-reactive ketones (excluding diaryl/α,β-unsaturated/α-hetero) is 1. The van der Waals surface area contributed by atoms with E-state index in [9.17, 15) is 9.59 Å². The largest absolute Gasteiger partial charge is 0.466 e. The lowest BCUT2D eigenvalue weighted by Crippen LogP contribution is -2.08. The van der Waals surface area contributed by atoms with Gasteiger partial charge in [0.2, 0.25) is 0 Å². The van der Waals surface area contributed by atoms with Crippen molar-refractivity contribution in [1.82, 2.24) is 4.98 Å². The second-order valence-electron chi connectivity index (χ2n) is 5.00. The Morgan fingerprint density at radius 1 is 1.14 bits per heavy atom. The SMILES string of the molecule is CCCOC(=O)CCC(=O)c1ccc2nc(C)ccc2c1. The van der Waals surface area contributed by atoms with Crippen LogP contribution in [0.3, 0.4) is 0 Å². The first-order valence-corrected chi connectivity index (χ1v) is 7.16. The van der Waals surface area contributed by atoms with E-state index in [4.69, 9.17) is 4.74 Å². The fraction of sp³-hybridized carbons (Fsp3) is 0.353. The van der Waals surface area contributed by atoms with Crippen LogP contribution in [0.4, 0.5) is 0 Å². The topological polar surface area (TPSA) is 56.3 Å². The van der Waals surface area contributed by atoms with Crippen molar-refractivity contribution in [2.45, 2.75) is 33.1 Å². The summed E-state index contributed by atoms with van der Waals surface area (Å²) in [6.45, 7) is 4.28. The van der Waals surface area contributed by atoms with E-state index in [-0.39, 0.29) is 24.6 Å². The molecule has 1 aromatic heterocycles. The molecule has 21 heavy (non-hydrogen) atoms. The number of pyridine rings is 1. The molecule has 0 amide bonds. The fourth-order valence-corrected chi connectivity index (χ4v) is 2.05. The Morgan fingerprint density at radius 2 is 1.95 bits per heavy atom. The molecule has 110 valence electrons. The van der Waals surface area contributed by atoms with Crippen LogP contribution in [-0.2, 0) is 9.53 Å². The maximum Gasteiger partial charge on any atom is 0.306 e. The number of nitrogens with zero attached hydrogens (tertiary/aromatic N) is 1. The molecule has 1 aromatic carbocycles. The minimum absolute atomic E-state index is 0.0501. The van der Waals surface area contributed by atoms with Crippen LogP contribution in [0.2, 0.25) is 0 Å². The van der Waals surface area contributed by atoms with Gasteiger partial charge in [-0.3, -0.25) is 14.6 Å². The van der Waals surface area contributed by atoms with E-state index in [1.807, 2.05) is 38.1 Å². The molecule has 2 aromatic rings. The van der Waals surface area contributed by atoms with Gasteiger partial charge in [0.05, 0.1) is 18.5 Å². The third-order valence-corrected chi connectivity index (χ3v) is 3.17. The molecule has 0 spiro atoms. The van der Waals surface area contributed by atoms with E-state index in [0.717, 1.165) is 23.0 Å². The van der Waals surface area contributed by atoms with Crippen molar-refractivity contribution < 1.29 is 14.3 Å². The van der Waals surface area contributed by atoms with Gasteiger partial charge in [-0.2, -0.15) is 0 Å². The first-order valence-electron chi connectivity index (χ1n) is 7.16. The molecule has 0 atom stereocenters. The maximum atomic E-state index is 12.1. The Balaban J connectivity index is 2.02.